The summed E-state index contributed by atoms with van der Waals surface area (Å²) in [5.41, 5.74) is 3.97. The lowest BCUT2D eigenvalue weighted by molar-refractivity contribution is 0.209. The smallest absolute Gasteiger partial charge is 0.147 e. The summed E-state index contributed by atoms with van der Waals surface area (Å²) in [4.78, 5) is 13.6. The van der Waals surface area contributed by atoms with E-state index in [9.17, 15) is 0 Å². The van der Waals surface area contributed by atoms with Crippen LogP contribution in [0, 0.1) is 0 Å². The third kappa shape index (κ3) is 5.76. The van der Waals surface area contributed by atoms with Crippen molar-refractivity contribution in [3.63, 3.8) is 0 Å². The first-order valence-electron chi connectivity index (χ1n) is 11.5. The molecule has 1 aromatic carbocycles. The van der Waals surface area contributed by atoms with Gasteiger partial charge in [0.15, 0.2) is 0 Å². The van der Waals surface area contributed by atoms with Crippen LogP contribution in [0.2, 0.25) is 0 Å². The Balaban J connectivity index is 0.000000161. The molecule has 0 unspecified atom stereocenters. The third-order valence-corrected chi connectivity index (χ3v) is 6.70. The number of nitrogens with one attached hydrogen (secondary N) is 1. The Morgan fingerprint density at radius 3 is 2.53 bits per heavy atom. The lowest BCUT2D eigenvalue weighted by atomic mass is 10.1. The Labute approximate surface area is 205 Å². The summed E-state index contributed by atoms with van der Waals surface area (Å²) >= 11 is 1.54. The van der Waals surface area contributed by atoms with E-state index in [1.165, 1.54) is 0 Å². The van der Waals surface area contributed by atoms with Crippen molar-refractivity contribution in [1.82, 2.24) is 25.1 Å². The Morgan fingerprint density at radius 1 is 1.03 bits per heavy atom. The standard InChI is InChI=1S/C14H21N3.C12H10N4S/c1-4-13-5-6-15-14(11-13)17-9-7-16(8-10-17)12(2)3;1-13-11-5-10-4-8(12-16-15-7-17-12)2-3-9(10)6-14-11/h4-6,11-12H,1,7-10H2,2-3H3;2-7H,1H3,(H,13,14). The van der Waals surface area contributed by atoms with Crippen LogP contribution >= 0.6 is 11.3 Å². The van der Waals surface area contributed by atoms with Crippen molar-refractivity contribution in [2.75, 3.05) is 43.4 Å². The van der Waals surface area contributed by atoms with E-state index in [1.807, 2.05) is 43.7 Å². The van der Waals surface area contributed by atoms with E-state index < -0.39 is 0 Å². The Hall–Kier alpha value is -3.36. The Bertz CT molecular complexity index is 1220. The first-order chi connectivity index (χ1) is 16.6. The normalized spacial score (nSPS) is 14.1. The van der Waals surface area contributed by atoms with Crippen molar-refractivity contribution >= 4 is 39.8 Å². The van der Waals surface area contributed by atoms with Crippen LogP contribution in [0.5, 0.6) is 0 Å². The van der Waals surface area contributed by atoms with Crippen LogP contribution in [0.25, 0.3) is 27.4 Å². The van der Waals surface area contributed by atoms with Gasteiger partial charge in [-0.05, 0) is 49.1 Å². The minimum Gasteiger partial charge on any atom is -0.373 e. The summed E-state index contributed by atoms with van der Waals surface area (Å²) in [6.07, 6.45) is 5.60. The van der Waals surface area contributed by atoms with Gasteiger partial charge in [-0.3, -0.25) is 4.90 Å². The van der Waals surface area contributed by atoms with Crippen molar-refractivity contribution in [3.05, 3.63) is 66.4 Å². The van der Waals surface area contributed by atoms with Crippen LogP contribution in [0.3, 0.4) is 0 Å². The fraction of sp³-hybridized carbons (Fsp3) is 0.308. The first-order valence-corrected chi connectivity index (χ1v) is 12.4. The van der Waals surface area contributed by atoms with Crippen molar-refractivity contribution in [2.45, 2.75) is 19.9 Å². The molecule has 1 N–H and O–H groups in total. The molecule has 0 radical (unpaired) electrons. The van der Waals surface area contributed by atoms with E-state index in [1.54, 1.807) is 16.8 Å². The van der Waals surface area contributed by atoms with Gasteiger partial charge in [0.2, 0.25) is 0 Å². The zero-order valence-electron chi connectivity index (χ0n) is 20.0. The zero-order chi connectivity index (χ0) is 23.9. The highest BCUT2D eigenvalue weighted by atomic mass is 32.1. The average molecular weight is 474 g/mol. The predicted molar refractivity (Wildman–Crippen MR) is 143 cm³/mol. The minimum absolute atomic E-state index is 0.643. The van der Waals surface area contributed by atoms with Crippen LogP contribution in [0.15, 0.2) is 60.9 Å². The highest BCUT2D eigenvalue weighted by Gasteiger charge is 2.19. The van der Waals surface area contributed by atoms with Gasteiger partial charge in [-0.15, -0.1) is 10.2 Å². The number of fused-ring (bicyclic) bond motifs is 1. The molecule has 0 spiro atoms. The number of aromatic nitrogens is 4. The summed E-state index contributed by atoms with van der Waals surface area (Å²) in [5, 5.41) is 14.2. The third-order valence-electron chi connectivity index (χ3n) is 5.96. The highest BCUT2D eigenvalue weighted by Crippen LogP contribution is 2.26. The molecule has 34 heavy (non-hydrogen) atoms. The van der Waals surface area contributed by atoms with Gasteiger partial charge in [0.25, 0.3) is 0 Å². The molecule has 0 amide bonds. The van der Waals surface area contributed by atoms with Crippen LogP contribution in [-0.4, -0.2) is 64.3 Å². The molecular weight excluding hydrogens is 442 g/mol. The van der Waals surface area contributed by atoms with E-state index in [-0.39, 0.29) is 0 Å². The summed E-state index contributed by atoms with van der Waals surface area (Å²) in [6.45, 7) is 12.7. The molecule has 4 heterocycles. The van der Waals surface area contributed by atoms with Crippen LogP contribution in [-0.2, 0) is 0 Å². The Morgan fingerprint density at radius 2 is 1.85 bits per heavy atom. The van der Waals surface area contributed by atoms with Gasteiger partial charge < -0.3 is 10.2 Å². The van der Waals surface area contributed by atoms with Crippen LogP contribution < -0.4 is 10.2 Å². The summed E-state index contributed by atoms with van der Waals surface area (Å²) in [6, 6.07) is 13.0. The van der Waals surface area contributed by atoms with Gasteiger partial charge in [-0.1, -0.05) is 36.1 Å². The van der Waals surface area contributed by atoms with E-state index in [4.69, 9.17) is 0 Å². The monoisotopic (exact) mass is 473 g/mol. The van der Waals surface area contributed by atoms with Gasteiger partial charge in [-0.25, -0.2) is 9.97 Å². The molecular formula is C26H31N7S. The molecule has 0 saturated carbocycles. The molecule has 4 aromatic rings. The topological polar surface area (TPSA) is 70.1 Å². The van der Waals surface area contributed by atoms with Crippen LogP contribution in [0.4, 0.5) is 11.6 Å². The molecule has 1 aliphatic heterocycles. The molecule has 1 saturated heterocycles. The fourth-order valence-electron chi connectivity index (χ4n) is 3.91. The van der Waals surface area contributed by atoms with E-state index in [0.717, 1.165) is 64.7 Å². The van der Waals surface area contributed by atoms with Crippen molar-refractivity contribution in [2.24, 2.45) is 0 Å². The Kier molecular flexibility index (Phi) is 7.82. The summed E-state index contributed by atoms with van der Waals surface area (Å²) in [5.74, 6) is 1.94. The number of nitrogens with zero attached hydrogens (tertiary/aromatic N) is 6. The number of anilines is 2. The second kappa shape index (κ2) is 11.2. The van der Waals surface area contributed by atoms with Gasteiger partial charge in [0, 0.05) is 62.6 Å². The maximum absolute atomic E-state index is 4.44. The molecule has 176 valence electrons. The van der Waals surface area contributed by atoms with Gasteiger partial charge in [0.05, 0.1) is 0 Å². The second-order valence-electron chi connectivity index (χ2n) is 8.39. The molecule has 0 bridgehead atoms. The lowest BCUT2D eigenvalue weighted by Gasteiger charge is -2.37. The van der Waals surface area contributed by atoms with Crippen molar-refractivity contribution < 1.29 is 0 Å². The van der Waals surface area contributed by atoms with E-state index in [0.29, 0.717) is 6.04 Å². The van der Waals surface area contributed by atoms with Gasteiger partial charge >= 0.3 is 0 Å². The summed E-state index contributed by atoms with van der Waals surface area (Å²) < 4.78 is 0. The van der Waals surface area contributed by atoms with Gasteiger partial charge in [0.1, 0.15) is 22.2 Å². The number of piperazine rings is 1. The van der Waals surface area contributed by atoms with Crippen molar-refractivity contribution in [1.29, 1.82) is 0 Å². The zero-order valence-corrected chi connectivity index (χ0v) is 20.8. The fourth-order valence-corrected chi connectivity index (χ4v) is 4.46. The molecule has 7 nitrogen and oxygen atoms in total. The number of hydrogen-bond acceptors (Lipinski definition) is 8. The number of pyridine rings is 2. The second-order valence-corrected chi connectivity index (χ2v) is 9.23. The predicted octanol–water partition coefficient (Wildman–Crippen LogP) is 5.05. The molecule has 5 rings (SSSR count). The highest BCUT2D eigenvalue weighted by molar-refractivity contribution is 7.12. The van der Waals surface area contributed by atoms with E-state index in [2.05, 4.69) is 73.9 Å². The molecule has 8 heteroatoms. The quantitative estimate of drug-likeness (QED) is 0.435. The first kappa shape index (κ1) is 23.8. The largest absolute Gasteiger partial charge is 0.373 e. The lowest BCUT2D eigenvalue weighted by Crippen LogP contribution is -2.49. The average Bonchev–Trinajstić information content (AvgIpc) is 3.44. The summed E-state index contributed by atoms with van der Waals surface area (Å²) in [7, 11) is 1.86. The van der Waals surface area contributed by atoms with Crippen molar-refractivity contribution in [3.8, 4) is 10.6 Å². The minimum atomic E-state index is 0.643. The van der Waals surface area contributed by atoms with Gasteiger partial charge in [-0.2, -0.15) is 0 Å². The SMILES string of the molecule is C=Cc1ccnc(N2CCN(C(C)C)CC2)c1.CNc1cc2cc(-c3nncs3)ccc2cn1. The molecule has 1 fully saturated rings. The molecule has 3 aromatic heterocycles. The van der Waals surface area contributed by atoms with E-state index >= 15 is 0 Å². The molecule has 0 aliphatic carbocycles. The molecule has 1 aliphatic rings. The maximum Gasteiger partial charge on any atom is 0.147 e. The number of hydrogen-bond donors (Lipinski definition) is 1. The number of rotatable bonds is 5. The maximum atomic E-state index is 4.44. The molecule has 0 atom stereocenters. The number of benzene rings is 1. The van der Waals surface area contributed by atoms with Crippen LogP contribution in [0.1, 0.15) is 19.4 Å².